The summed E-state index contributed by atoms with van der Waals surface area (Å²) in [6, 6.07) is 7.90. The molecule has 5 rings (SSSR count). The van der Waals surface area contributed by atoms with Gasteiger partial charge in [-0.05, 0) is 31.9 Å². The lowest BCUT2D eigenvalue weighted by atomic mass is 9.91. The molecule has 9 nitrogen and oxygen atoms in total. The number of rotatable bonds is 4. The molecule has 1 N–H and O–H groups in total. The number of anilines is 1. The Morgan fingerprint density at radius 3 is 2.42 bits per heavy atom. The number of hydrogen-bond acceptors (Lipinski definition) is 7. The van der Waals surface area contributed by atoms with Gasteiger partial charge in [0.1, 0.15) is 16.3 Å². The van der Waals surface area contributed by atoms with Crippen molar-refractivity contribution in [2.45, 2.75) is 30.6 Å². The van der Waals surface area contributed by atoms with Crippen molar-refractivity contribution in [1.82, 2.24) is 10.3 Å². The SMILES string of the molecule is CNC(=O)N1N=C(c2ccc(N3CC4(CCS4(=O)=O)C3)cc2)c2c(c(F)cc(OC)c2OC)CC1C. The van der Waals surface area contributed by atoms with E-state index in [2.05, 4.69) is 10.4 Å². The molecule has 0 radical (unpaired) electrons. The molecule has 0 aromatic heterocycles. The molecule has 0 aliphatic carbocycles. The summed E-state index contributed by atoms with van der Waals surface area (Å²) >= 11 is 0. The maximum Gasteiger partial charge on any atom is 0.337 e. The summed E-state index contributed by atoms with van der Waals surface area (Å²) < 4.78 is 50.1. The molecule has 2 saturated heterocycles. The van der Waals surface area contributed by atoms with Crippen molar-refractivity contribution in [3.8, 4) is 11.5 Å². The predicted molar refractivity (Wildman–Crippen MR) is 134 cm³/mol. The zero-order valence-corrected chi connectivity index (χ0v) is 21.5. The zero-order valence-electron chi connectivity index (χ0n) is 20.7. The highest BCUT2D eigenvalue weighted by molar-refractivity contribution is 7.94. The van der Waals surface area contributed by atoms with Crippen molar-refractivity contribution in [2.24, 2.45) is 5.10 Å². The molecular weight excluding hydrogens is 487 g/mol. The first-order valence-electron chi connectivity index (χ1n) is 11.8. The van der Waals surface area contributed by atoms with Crippen LogP contribution in [0.5, 0.6) is 11.5 Å². The zero-order chi connectivity index (χ0) is 25.8. The standard InChI is InChI=1S/C25H29FN4O5S/c1-15-11-18-19(26)12-20(34-3)23(35-4)21(18)22(28-30(15)24(31)27-2)16-5-7-17(8-6-16)29-13-25(14-29)9-10-36(25,32)33/h5-8,12,15H,9-11,13-14H2,1-4H3,(H,27,31). The highest BCUT2D eigenvalue weighted by Gasteiger charge is 2.59. The maximum absolute atomic E-state index is 15.3. The fourth-order valence-corrected chi connectivity index (χ4v) is 7.05. The lowest BCUT2D eigenvalue weighted by Crippen LogP contribution is -2.72. The van der Waals surface area contributed by atoms with Gasteiger partial charge in [0.2, 0.25) is 0 Å². The van der Waals surface area contributed by atoms with Crippen LogP contribution in [0.15, 0.2) is 35.4 Å². The minimum absolute atomic E-state index is 0.227. The Hall–Kier alpha value is -3.34. The van der Waals surface area contributed by atoms with Crippen molar-refractivity contribution < 1.29 is 27.1 Å². The Morgan fingerprint density at radius 2 is 1.89 bits per heavy atom. The summed E-state index contributed by atoms with van der Waals surface area (Å²) in [7, 11) is 1.44. The third-order valence-corrected chi connectivity index (χ3v) is 9.98. The molecule has 2 aromatic carbocycles. The quantitative estimate of drug-likeness (QED) is 0.671. The van der Waals surface area contributed by atoms with Gasteiger partial charge >= 0.3 is 6.03 Å². The summed E-state index contributed by atoms with van der Waals surface area (Å²) in [6.45, 7) is 2.77. The first-order valence-corrected chi connectivity index (χ1v) is 13.4. The normalized spacial score (nSPS) is 21.5. The van der Waals surface area contributed by atoms with E-state index in [-0.39, 0.29) is 17.9 Å². The lowest BCUT2D eigenvalue weighted by molar-refractivity contribution is 0.184. The third kappa shape index (κ3) is 3.59. The van der Waals surface area contributed by atoms with Gasteiger partial charge in [-0.2, -0.15) is 5.10 Å². The number of sulfone groups is 1. The highest BCUT2D eigenvalue weighted by atomic mass is 32.2. The average molecular weight is 517 g/mol. The molecule has 1 spiro atoms. The van der Waals surface area contributed by atoms with E-state index in [1.165, 1.54) is 32.3 Å². The number of urea groups is 1. The molecule has 192 valence electrons. The van der Waals surface area contributed by atoms with Gasteiger partial charge in [0.05, 0.1) is 31.6 Å². The van der Waals surface area contributed by atoms with Crippen molar-refractivity contribution >= 4 is 27.3 Å². The number of carbonyl (C=O) groups is 1. The van der Waals surface area contributed by atoms with Crippen LogP contribution >= 0.6 is 0 Å². The average Bonchev–Trinajstić information content (AvgIpc) is 2.99. The van der Waals surface area contributed by atoms with Crippen molar-refractivity contribution in [3.05, 3.63) is 52.8 Å². The van der Waals surface area contributed by atoms with Crippen LogP contribution in [0.2, 0.25) is 0 Å². The van der Waals surface area contributed by atoms with Gasteiger partial charge in [0.25, 0.3) is 0 Å². The Morgan fingerprint density at radius 1 is 1.19 bits per heavy atom. The van der Waals surface area contributed by atoms with E-state index >= 15 is 4.39 Å². The number of benzene rings is 2. The molecule has 1 atom stereocenters. The van der Waals surface area contributed by atoms with Gasteiger partial charge in [-0.15, -0.1) is 0 Å². The van der Waals surface area contributed by atoms with E-state index < -0.39 is 32.5 Å². The van der Waals surface area contributed by atoms with E-state index in [0.29, 0.717) is 47.7 Å². The Labute approximate surface area is 209 Å². The van der Waals surface area contributed by atoms with E-state index in [9.17, 15) is 13.2 Å². The monoisotopic (exact) mass is 516 g/mol. The van der Waals surface area contributed by atoms with Crippen molar-refractivity contribution in [1.29, 1.82) is 0 Å². The molecule has 11 heteroatoms. The fraction of sp³-hybridized carbons (Fsp3) is 0.440. The van der Waals surface area contributed by atoms with Gasteiger partial charge in [0, 0.05) is 43.0 Å². The molecule has 2 amide bonds. The van der Waals surface area contributed by atoms with Gasteiger partial charge in [-0.3, -0.25) is 0 Å². The van der Waals surface area contributed by atoms with Gasteiger partial charge in [-0.1, -0.05) is 12.1 Å². The summed E-state index contributed by atoms with van der Waals surface area (Å²) in [5.74, 6) is 0.362. The van der Waals surface area contributed by atoms with Gasteiger partial charge in [0.15, 0.2) is 21.3 Å². The fourth-order valence-electron chi connectivity index (χ4n) is 5.23. The lowest BCUT2D eigenvalue weighted by Gasteiger charge is -2.55. The molecule has 3 aliphatic rings. The molecule has 36 heavy (non-hydrogen) atoms. The smallest absolute Gasteiger partial charge is 0.337 e. The highest BCUT2D eigenvalue weighted by Crippen LogP contribution is 2.44. The number of methoxy groups -OCH3 is 2. The van der Waals surface area contributed by atoms with Crippen LogP contribution in [-0.4, -0.2) is 76.1 Å². The number of nitrogens with zero attached hydrogens (tertiary/aromatic N) is 3. The van der Waals surface area contributed by atoms with Crippen LogP contribution in [0.25, 0.3) is 0 Å². The Kier molecular flexibility index (Phi) is 5.85. The number of nitrogens with one attached hydrogen (secondary N) is 1. The molecular formula is C25H29FN4O5S. The van der Waals surface area contributed by atoms with E-state index in [1.54, 1.807) is 6.92 Å². The molecule has 1 unspecified atom stereocenters. The van der Waals surface area contributed by atoms with E-state index in [0.717, 1.165) is 5.69 Å². The molecule has 3 aliphatic heterocycles. The molecule has 0 bridgehead atoms. The Balaban J connectivity index is 1.57. The summed E-state index contributed by atoms with van der Waals surface area (Å²) in [5.41, 5.74) is 2.74. The number of hydrazone groups is 1. The second kappa shape index (κ2) is 8.65. The number of amides is 2. The number of fused-ring (bicyclic) bond motifs is 1. The summed E-state index contributed by atoms with van der Waals surface area (Å²) in [5, 5.41) is 8.59. The third-order valence-electron chi connectivity index (χ3n) is 7.46. The van der Waals surface area contributed by atoms with Crippen LogP contribution in [-0.2, 0) is 16.3 Å². The largest absolute Gasteiger partial charge is 0.493 e. The van der Waals surface area contributed by atoms with E-state index in [4.69, 9.17) is 9.47 Å². The topological polar surface area (TPSA) is 101 Å². The minimum Gasteiger partial charge on any atom is -0.493 e. The summed E-state index contributed by atoms with van der Waals surface area (Å²) in [4.78, 5) is 14.7. The van der Waals surface area contributed by atoms with Crippen LogP contribution in [0.3, 0.4) is 0 Å². The number of carbonyl (C=O) groups excluding carboxylic acids is 1. The summed E-state index contributed by atoms with van der Waals surface area (Å²) in [6.07, 6.45) is 0.933. The number of hydrogen-bond donors (Lipinski definition) is 1. The van der Waals surface area contributed by atoms with Gasteiger partial charge in [-0.25, -0.2) is 22.6 Å². The first-order chi connectivity index (χ1) is 17.1. The van der Waals surface area contributed by atoms with Gasteiger partial charge < -0.3 is 19.7 Å². The first kappa shape index (κ1) is 24.4. The van der Waals surface area contributed by atoms with Crippen molar-refractivity contribution in [2.75, 3.05) is 45.0 Å². The van der Waals surface area contributed by atoms with Crippen LogP contribution < -0.4 is 19.7 Å². The Bertz CT molecular complexity index is 1350. The molecule has 3 heterocycles. The van der Waals surface area contributed by atoms with Crippen LogP contribution in [0, 0.1) is 5.82 Å². The molecule has 2 fully saturated rings. The second-order valence-corrected chi connectivity index (χ2v) is 12.0. The van der Waals surface area contributed by atoms with E-state index in [1.807, 2.05) is 29.2 Å². The molecule has 0 saturated carbocycles. The number of ether oxygens (including phenoxy) is 2. The van der Waals surface area contributed by atoms with Crippen LogP contribution in [0.1, 0.15) is 30.0 Å². The second-order valence-electron chi connectivity index (χ2n) is 9.50. The minimum atomic E-state index is -2.99. The molecule has 2 aromatic rings. The maximum atomic E-state index is 15.3. The number of halogens is 1. The van der Waals surface area contributed by atoms with Crippen molar-refractivity contribution in [3.63, 3.8) is 0 Å². The van der Waals surface area contributed by atoms with Crippen LogP contribution in [0.4, 0.5) is 14.9 Å². The predicted octanol–water partition coefficient (Wildman–Crippen LogP) is 2.56.